The topological polar surface area (TPSA) is 62.7 Å². The van der Waals surface area contributed by atoms with Gasteiger partial charge in [-0.25, -0.2) is 4.98 Å². The highest BCUT2D eigenvalue weighted by molar-refractivity contribution is 9.10. The third-order valence-electron chi connectivity index (χ3n) is 3.09. The van der Waals surface area contributed by atoms with Gasteiger partial charge in [0.05, 0.1) is 23.4 Å². The Labute approximate surface area is 97.4 Å². The molecule has 15 heavy (non-hydrogen) atoms. The minimum absolute atomic E-state index is 0.379. The molecule has 0 saturated heterocycles. The molecule has 1 fully saturated rings. The van der Waals surface area contributed by atoms with E-state index in [0.29, 0.717) is 5.69 Å². The molecule has 0 unspecified atom stereocenters. The number of pyridine rings is 1. The van der Waals surface area contributed by atoms with Crippen molar-refractivity contribution in [1.29, 1.82) is 5.26 Å². The van der Waals surface area contributed by atoms with Crippen LogP contribution in [-0.2, 0) is 5.41 Å². The number of hydrogen-bond acceptors (Lipinski definition) is 3. The number of aromatic nitrogens is 1. The molecule has 0 spiro atoms. The van der Waals surface area contributed by atoms with Gasteiger partial charge in [0.1, 0.15) is 4.60 Å². The molecular weight excluding hydrogens is 254 g/mol. The summed E-state index contributed by atoms with van der Waals surface area (Å²) in [6.07, 6.45) is 5.64. The molecule has 2 N–H and O–H groups in total. The lowest BCUT2D eigenvalue weighted by Gasteiger charge is -2.22. The number of nitriles is 1. The molecule has 1 heterocycles. The highest BCUT2D eigenvalue weighted by atomic mass is 79.9. The number of rotatable bonds is 1. The fraction of sp³-hybridized carbons (Fsp3) is 0.455. The average molecular weight is 266 g/mol. The van der Waals surface area contributed by atoms with Crippen LogP contribution in [0.5, 0.6) is 0 Å². The molecule has 0 amide bonds. The summed E-state index contributed by atoms with van der Waals surface area (Å²) in [6, 6.07) is 4.31. The second kappa shape index (κ2) is 3.82. The van der Waals surface area contributed by atoms with Gasteiger partial charge >= 0.3 is 0 Å². The maximum Gasteiger partial charge on any atom is 0.106 e. The molecule has 3 nitrogen and oxygen atoms in total. The molecule has 0 atom stereocenters. The lowest BCUT2D eigenvalue weighted by atomic mass is 9.80. The van der Waals surface area contributed by atoms with E-state index in [0.717, 1.165) is 35.8 Å². The summed E-state index contributed by atoms with van der Waals surface area (Å²) in [7, 11) is 0. The van der Waals surface area contributed by atoms with Crippen molar-refractivity contribution >= 4 is 21.6 Å². The number of nitrogen functional groups attached to an aromatic ring is 1. The first-order valence-corrected chi connectivity index (χ1v) is 5.80. The van der Waals surface area contributed by atoms with Crippen molar-refractivity contribution in [2.24, 2.45) is 0 Å². The van der Waals surface area contributed by atoms with Crippen molar-refractivity contribution in [2.75, 3.05) is 5.73 Å². The van der Waals surface area contributed by atoms with Gasteiger partial charge in [0, 0.05) is 0 Å². The van der Waals surface area contributed by atoms with E-state index in [4.69, 9.17) is 5.73 Å². The second-order valence-corrected chi connectivity index (χ2v) is 4.81. The normalized spacial score (nSPS) is 18.7. The number of nitrogens with two attached hydrogens (primary N) is 1. The summed E-state index contributed by atoms with van der Waals surface area (Å²) in [6.45, 7) is 0. The first kappa shape index (κ1) is 10.4. The van der Waals surface area contributed by atoms with Crippen LogP contribution in [0.15, 0.2) is 16.9 Å². The second-order valence-electron chi connectivity index (χ2n) is 4.00. The van der Waals surface area contributed by atoms with Gasteiger partial charge < -0.3 is 5.73 Å². The zero-order valence-electron chi connectivity index (χ0n) is 8.33. The number of hydrogen-bond donors (Lipinski definition) is 1. The maximum atomic E-state index is 9.34. The fourth-order valence-corrected chi connectivity index (χ4v) is 2.61. The molecule has 78 valence electrons. The number of nitrogens with zero attached hydrogens (tertiary/aromatic N) is 2. The molecule has 1 aliphatic rings. The Hall–Kier alpha value is -1.08. The largest absolute Gasteiger partial charge is 0.397 e. The molecule has 0 bridgehead atoms. The summed E-state index contributed by atoms with van der Waals surface area (Å²) >= 11 is 3.32. The molecule has 1 saturated carbocycles. The van der Waals surface area contributed by atoms with Gasteiger partial charge in [-0.2, -0.15) is 5.26 Å². The number of anilines is 1. The molecule has 4 heteroatoms. The standard InChI is InChI=1S/C11H12BrN3/c12-10-5-8(9(14)6-15-10)11(7-13)3-1-2-4-11/h5-6H,1-4,14H2. The molecule has 1 aromatic rings. The average Bonchev–Trinajstić information content (AvgIpc) is 2.71. The molecule has 1 aromatic heterocycles. The lowest BCUT2D eigenvalue weighted by Crippen LogP contribution is -2.21. The van der Waals surface area contributed by atoms with E-state index in [2.05, 4.69) is 27.0 Å². The van der Waals surface area contributed by atoms with E-state index in [-0.39, 0.29) is 5.41 Å². The van der Waals surface area contributed by atoms with Gasteiger partial charge in [-0.15, -0.1) is 0 Å². The zero-order chi connectivity index (χ0) is 10.9. The van der Waals surface area contributed by atoms with Crippen LogP contribution >= 0.6 is 15.9 Å². The van der Waals surface area contributed by atoms with Crippen LogP contribution in [0, 0.1) is 11.3 Å². The van der Waals surface area contributed by atoms with Crippen molar-refractivity contribution in [3.63, 3.8) is 0 Å². The van der Waals surface area contributed by atoms with Gasteiger partial charge in [-0.05, 0) is 40.4 Å². The van der Waals surface area contributed by atoms with Crippen LogP contribution < -0.4 is 5.73 Å². The SMILES string of the molecule is N#CC1(c2cc(Br)ncc2N)CCCC1. The first-order chi connectivity index (χ1) is 7.18. The fourth-order valence-electron chi connectivity index (χ4n) is 2.27. The van der Waals surface area contributed by atoms with Gasteiger partial charge in [-0.1, -0.05) is 12.8 Å². The zero-order valence-corrected chi connectivity index (χ0v) is 9.92. The van der Waals surface area contributed by atoms with Gasteiger partial charge in [0.25, 0.3) is 0 Å². The third-order valence-corrected chi connectivity index (χ3v) is 3.52. The Morgan fingerprint density at radius 2 is 2.13 bits per heavy atom. The van der Waals surface area contributed by atoms with Crippen molar-refractivity contribution in [2.45, 2.75) is 31.1 Å². The Morgan fingerprint density at radius 3 is 2.73 bits per heavy atom. The van der Waals surface area contributed by atoms with Gasteiger partial charge in [0.2, 0.25) is 0 Å². The van der Waals surface area contributed by atoms with Crippen LogP contribution in [-0.4, -0.2) is 4.98 Å². The van der Waals surface area contributed by atoms with Crippen LogP contribution in [0.3, 0.4) is 0 Å². The van der Waals surface area contributed by atoms with E-state index in [9.17, 15) is 5.26 Å². The maximum absolute atomic E-state index is 9.34. The Morgan fingerprint density at radius 1 is 1.47 bits per heavy atom. The molecule has 0 aromatic carbocycles. The predicted molar refractivity (Wildman–Crippen MR) is 62.1 cm³/mol. The summed E-state index contributed by atoms with van der Waals surface area (Å²) in [4.78, 5) is 4.06. The van der Waals surface area contributed by atoms with Crippen LogP contribution in [0.4, 0.5) is 5.69 Å². The Kier molecular flexibility index (Phi) is 2.66. The predicted octanol–water partition coefficient (Wildman–Crippen LogP) is 2.76. The van der Waals surface area contributed by atoms with Gasteiger partial charge in [0.15, 0.2) is 0 Å². The van der Waals surface area contributed by atoms with E-state index in [1.54, 1.807) is 6.20 Å². The Bertz CT molecular complexity index is 416. The smallest absolute Gasteiger partial charge is 0.106 e. The molecule has 0 aliphatic heterocycles. The highest BCUT2D eigenvalue weighted by Gasteiger charge is 2.37. The minimum atomic E-state index is -0.379. The van der Waals surface area contributed by atoms with Crippen molar-refractivity contribution in [3.8, 4) is 6.07 Å². The van der Waals surface area contributed by atoms with E-state index in [1.807, 2.05) is 6.07 Å². The summed E-state index contributed by atoms with van der Waals surface area (Å²) in [5.74, 6) is 0. The van der Waals surface area contributed by atoms with Crippen molar-refractivity contribution < 1.29 is 0 Å². The van der Waals surface area contributed by atoms with Gasteiger partial charge in [-0.3, -0.25) is 0 Å². The molecular formula is C11H12BrN3. The van der Waals surface area contributed by atoms with Crippen LogP contribution in [0.2, 0.25) is 0 Å². The minimum Gasteiger partial charge on any atom is -0.397 e. The highest BCUT2D eigenvalue weighted by Crippen LogP contribution is 2.43. The van der Waals surface area contributed by atoms with E-state index >= 15 is 0 Å². The molecule has 1 aliphatic carbocycles. The van der Waals surface area contributed by atoms with Crippen LogP contribution in [0.25, 0.3) is 0 Å². The molecule has 0 radical (unpaired) electrons. The van der Waals surface area contributed by atoms with Crippen molar-refractivity contribution in [3.05, 3.63) is 22.4 Å². The van der Waals surface area contributed by atoms with E-state index < -0.39 is 0 Å². The number of halogens is 1. The molecule has 2 rings (SSSR count). The summed E-state index contributed by atoms with van der Waals surface area (Å²) < 4.78 is 0.744. The van der Waals surface area contributed by atoms with Crippen molar-refractivity contribution in [1.82, 2.24) is 4.98 Å². The summed E-state index contributed by atoms with van der Waals surface area (Å²) in [5.41, 5.74) is 7.08. The quantitative estimate of drug-likeness (QED) is 0.795. The van der Waals surface area contributed by atoms with Crippen LogP contribution in [0.1, 0.15) is 31.2 Å². The van der Waals surface area contributed by atoms with E-state index in [1.165, 1.54) is 0 Å². The lowest BCUT2D eigenvalue weighted by molar-refractivity contribution is 0.574. The Balaban J connectivity index is 2.52. The monoisotopic (exact) mass is 265 g/mol. The summed E-state index contributed by atoms with van der Waals surface area (Å²) in [5, 5.41) is 9.34. The first-order valence-electron chi connectivity index (χ1n) is 5.01. The third kappa shape index (κ3) is 1.72.